The number of nitrogens with zero attached hydrogens (tertiary/aromatic N) is 2. The van der Waals surface area contributed by atoms with Crippen molar-refractivity contribution in [2.75, 3.05) is 6.54 Å². The van der Waals surface area contributed by atoms with E-state index in [1.54, 1.807) is 0 Å². The van der Waals surface area contributed by atoms with Crippen LogP contribution in [0.4, 0.5) is 4.79 Å². The Morgan fingerprint density at radius 3 is 1.87 bits per heavy atom. The molecule has 0 aromatic carbocycles. The molecule has 0 fully saturated rings. The van der Waals surface area contributed by atoms with Crippen molar-refractivity contribution in [1.29, 1.82) is 0 Å². The number of ether oxygens (including phenoxy) is 1. The Morgan fingerprint density at radius 2 is 1.40 bits per heavy atom. The summed E-state index contributed by atoms with van der Waals surface area (Å²) in [5.74, 6) is -0.429. The van der Waals surface area contributed by atoms with Crippen LogP contribution in [0.15, 0.2) is 4.63 Å². The zero-order valence-electron chi connectivity index (χ0n) is 18.7. The van der Waals surface area contributed by atoms with Crippen LogP contribution >= 0.6 is 0 Å². The standard InChI is InChI=1S/C22H41N3O5/c1-2-3-4-5-6-7-8-9-10-11-12-13-14-15-16-17-18-23-22(27)29-21-20(19-26)24-30-25(21)28/h26H,2-19H2,1H3,(H,23,27). The lowest BCUT2D eigenvalue weighted by Crippen LogP contribution is -2.33. The number of aromatic nitrogens is 2. The van der Waals surface area contributed by atoms with E-state index < -0.39 is 18.6 Å². The Kier molecular flexibility index (Phi) is 15.7. The summed E-state index contributed by atoms with van der Waals surface area (Å²) in [6.07, 6.45) is 20.0. The van der Waals surface area contributed by atoms with Crippen molar-refractivity contribution in [3.05, 3.63) is 10.9 Å². The third-order valence-electron chi connectivity index (χ3n) is 5.28. The molecule has 174 valence electrons. The molecule has 0 aliphatic carbocycles. The number of nitrogens with one attached hydrogen (secondary N) is 1. The van der Waals surface area contributed by atoms with Crippen molar-refractivity contribution in [3.63, 3.8) is 0 Å². The Bertz CT molecular complexity index is 551. The van der Waals surface area contributed by atoms with Crippen LogP contribution in [0.5, 0.6) is 5.88 Å². The van der Waals surface area contributed by atoms with E-state index in [0.717, 1.165) is 19.3 Å². The van der Waals surface area contributed by atoms with Crippen molar-refractivity contribution < 1.29 is 24.2 Å². The molecule has 1 aromatic heterocycles. The zero-order chi connectivity index (χ0) is 21.9. The summed E-state index contributed by atoms with van der Waals surface area (Å²) in [5, 5.41) is 26.1. The molecule has 0 radical (unpaired) electrons. The molecule has 1 amide bonds. The van der Waals surface area contributed by atoms with E-state index in [4.69, 9.17) is 9.84 Å². The minimum atomic E-state index is -0.751. The highest BCUT2D eigenvalue weighted by Gasteiger charge is 2.22. The number of unbranched alkanes of at least 4 members (excludes halogenated alkanes) is 15. The van der Waals surface area contributed by atoms with Gasteiger partial charge in [-0.2, -0.15) is 0 Å². The van der Waals surface area contributed by atoms with Crippen molar-refractivity contribution in [2.24, 2.45) is 0 Å². The zero-order valence-corrected chi connectivity index (χ0v) is 18.7. The van der Waals surface area contributed by atoms with Gasteiger partial charge in [0.15, 0.2) is 0 Å². The lowest BCUT2D eigenvalue weighted by molar-refractivity contribution is -0.804. The molecule has 0 atom stereocenters. The van der Waals surface area contributed by atoms with Gasteiger partial charge in [-0.05, 0) is 11.3 Å². The molecule has 0 aliphatic rings. The summed E-state index contributed by atoms with van der Waals surface area (Å²) in [7, 11) is 0. The van der Waals surface area contributed by atoms with Crippen LogP contribution in [0.25, 0.3) is 0 Å². The second kappa shape index (κ2) is 18.0. The van der Waals surface area contributed by atoms with Crippen LogP contribution in [-0.4, -0.2) is 22.9 Å². The highest BCUT2D eigenvalue weighted by molar-refractivity contribution is 5.69. The van der Waals surface area contributed by atoms with Gasteiger partial charge in [0.1, 0.15) is 6.61 Å². The van der Waals surface area contributed by atoms with E-state index in [9.17, 15) is 10.0 Å². The van der Waals surface area contributed by atoms with Crippen LogP contribution in [0.3, 0.4) is 0 Å². The van der Waals surface area contributed by atoms with Gasteiger partial charge in [-0.3, -0.25) is 4.63 Å². The fraction of sp³-hybridized carbons (Fsp3) is 0.864. The van der Waals surface area contributed by atoms with Gasteiger partial charge in [-0.15, -0.1) is 0 Å². The lowest BCUT2D eigenvalue weighted by atomic mass is 10.0. The summed E-state index contributed by atoms with van der Waals surface area (Å²) in [6, 6.07) is 0. The highest BCUT2D eigenvalue weighted by Crippen LogP contribution is 2.14. The van der Waals surface area contributed by atoms with E-state index in [0.29, 0.717) is 6.54 Å². The minimum absolute atomic E-state index is 0.0419. The summed E-state index contributed by atoms with van der Waals surface area (Å²) in [6.45, 7) is 2.20. The van der Waals surface area contributed by atoms with E-state index >= 15 is 0 Å². The molecule has 8 nitrogen and oxygen atoms in total. The van der Waals surface area contributed by atoms with Gasteiger partial charge in [-0.1, -0.05) is 103 Å². The molecule has 0 spiro atoms. The number of aliphatic hydroxyl groups is 1. The number of aliphatic hydroxyl groups excluding tert-OH is 1. The maximum atomic E-state index is 11.7. The fourth-order valence-corrected chi connectivity index (χ4v) is 3.45. The average molecular weight is 428 g/mol. The number of carbonyl (C=O) groups is 1. The van der Waals surface area contributed by atoms with Gasteiger partial charge in [0.25, 0.3) is 5.69 Å². The number of amides is 1. The van der Waals surface area contributed by atoms with E-state index in [1.807, 2.05) is 0 Å². The Balaban J connectivity index is 1.83. The second-order valence-corrected chi connectivity index (χ2v) is 7.96. The topological polar surface area (TPSA) is 112 Å². The summed E-state index contributed by atoms with van der Waals surface area (Å²) in [4.78, 5) is 11.6. The van der Waals surface area contributed by atoms with Crippen molar-refractivity contribution in [2.45, 2.75) is 116 Å². The molecule has 0 aliphatic heterocycles. The number of hydrogen-bond acceptors (Lipinski definition) is 6. The molecule has 1 aromatic rings. The van der Waals surface area contributed by atoms with Crippen LogP contribution < -0.4 is 15.0 Å². The SMILES string of the molecule is CCCCCCCCCCCCCCCCCCNC(=O)Oc1c(CO)no[n+]1[O-]. The third kappa shape index (κ3) is 12.7. The highest BCUT2D eigenvalue weighted by atomic mass is 16.8. The predicted molar refractivity (Wildman–Crippen MR) is 115 cm³/mol. The van der Waals surface area contributed by atoms with Gasteiger partial charge in [0.05, 0.1) is 0 Å². The summed E-state index contributed by atoms with van der Waals surface area (Å²) >= 11 is 0. The summed E-state index contributed by atoms with van der Waals surface area (Å²) in [5.41, 5.74) is -0.109. The molecule has 0 bridgehead atoms. The molecule has 1 heterocycles. The van der Waals surface area contributed by atoms with Crippen LogP contribution in [0.2, 0.25) is 0 Å². The molecule has 2 N–H and O–H groups in total. The molecule has 8 heteroatoms. The molecule has 0 saturated carbocycles. The lowest BCUT2D eigenvalue weighted by Gasteiger charge is -2.05. The largest absolute Gasteiger partial charge is 0.415 e. The second-order valence-electron chi connectivity index (χ2n) is 7.96. The van der Waals surface area contributed by atoms with E-state index in [-0.39, 0.29) is 10.6 Å². The fourth-order valence-electron chi connectivity index (χ4n) is 3.45. The first-order valence-corrected chi connectivity index (χ1v) is 11.8. The summed E-state index contributed by atoms with van der Waals surface area (Å²) < 4.78 is 9.09. The van der Waals surface area contributed by atoms with Gasteiger partial charge in [-0.25, -0.2) is 4.79 Å². The van der Waals surface area contributed by atoms with Crippen molar-refractivity contribution >= 4 is 6.09 Å². The number of carbonyl (C=O) groups excluding carboxylic acids is 1. The Morgan fingerprint density at radius 1 is 0.933 bits per heavy atom. The minimum Gasteiger partial charge on any atom is -0.387 e. The monoisotopic (exact) mass is 427 g/mol. The molecule has 30 heavy (non-hydrogen) atoms. The molecule has 0 unspecified atom stereocenters. The van der Waals surface area contributed by atoms with Crippen LogP contribution in [-0.2, 0) is 6.61 Å². The first-order valence-electron chi connectivity index (χ1n) is 11.8. The third-order valence-corrected chi connectivity index (χ3v) is 5.28. The van der Waals surface area contributed by atoms with Gasteiger partial charge < -0.3 is 20.4 Å². The number of rotatable bonds is 19. The molecular weight excluding hydrogens is 386 g/mol. The van der Waals surface area contributed by atoms with Crippen molar-refractivity contribution in [3.8, 4) is 5.88 Å². The molecular formula is C22H41N3O5. The smallest absolute Gasteiger partial charge is 0.387 e. The first kappa shape index (κ1) is 26.2. The van der Waals surface area contributed by atoms with Crippen LogP contribution in [0.1, 0.15) is 115 Å². The van der Waals surface area contributed by atoms with Gasteiger partial charge in [0, 0.05) is 11.7 Å². The van der Waals surface area contributed by atoms with Gasteiger partial charge >= 0.3 is 12.0 Å². The van der Waals surface area contributed by atoms with Crippen molar-refractivity contribution in [1.82, 2.24) is 10.5 Å². The quantitative estimate of drug-likeness (QED) is 0.233. The van der Waals surface area contributed by atoms with Gasteiger partial charge in [0.2, 0.25) is 0 Å². The molecule has 1 rings (SSSR count). The van der Waals surface area contributed by atoms with Crippen LogP contribution in [0, 0.1) is 5.21 Å². The normalized spacial score (nSPS) is 11.0. The Hall–Kier alpha value is -1.83. The number of hydrogen-bond donors (Lipinski definition) is 2. The van der Waals surface area contributed by atoms with E-state index in [1.165, 1.54) is 83.5 Å². The maximum absolute atomic E-state index is 11.7. The van der Waals surface area contributed by atoms with E-state index in [2.05, 4.69) is 22.0 Å². The maximum Gasteiger partial charge on any atom is 0.415 e. The first-order chi connectivity index (χ1) is 14.7. The Labute approximate surface area is 180 Å². The average Bonchev–Trinajstić information content (AvgIpc) is 3.09. The predicted octanol–water partition coefficient (Wildman–Crippen LogP) is 5.15. The molecule has 0 saturated heterocycles.